The Morgan fingerprint density at radius 2 is 1.78 bits per heavy atom. The van der Waals surface area contributed by atoms with E-state index in [2.05, 4.69) is 15.1 Å². The molecule has 0 aromatic rings. The summed E-state index contributed by atoms with van der Waals surface area (Å²) in [6.45, 7) is 7.89. The predicted octanol–water partition coefficient (Wildman–Crippen LogP) is 1.15. The van der Waals surface area contributed by atoms with E-state index in [0.717, 1.165) is 23.9 Å². The van der Waals surface area contributed by atoms with E-state index in [1.165, 1.54) is 71.4 Å². The Labute approximate surface area is 111 Å². The number of rotatable bonds is 3. The number of piperazine rings is 1. The standard InChI is InChI=1S/C15H27N3/c1-2-12-10-16-15(14(12)3-1)11-17-6-8-18(9-7-17)13-4-5-13/h12-16H,1-11H2. The second kappa shape index (κ2) is 4.77. The van der Waals surface area contributed by atoms with Crippen LogP contribution in [0.3, 0.4) is 0 Å². The Bertz CT molecular complexity index is 294. The highest BCUT2D eigenvalue weighted by Gasteiger charge is 2.40. The van der Waals surface area contributed by atoms with Crippen LogP contribution in [0.25, 0.3) is 0 Å². The number of fused-ring (bicyclic) bond motifs is 1. The van der Waals surface area contributed by atoms with Crippen molar-refractivity contribution in [3.8, 4) is 0 Å². The molecule has 0 spiro atoms. The molecule has 3 atom stereocenters. The van der Waals surface area contributed by atoms with Gasteiger partial charge in [0, 0.05) is 44.8 Å². The molecule has 2 saturated carbocycles. The molecular weight excluding hydrogens is 222 g/mol. The van der Waals surface area contributed by atoms with Gasteiger partial charge in [-0.1, -0.05) is 6.42 Å². The van der Waals surface area contributed by atoms with Crippen molar-refractivity contribution in [2.45, 2.75) is 44.2 Å². The molecular formula is C15H27N3. The lowest BCUT2D eigenvalue weighted by Crippen LogP contribution is -2.51. The quantitative estimate of drug-likeness (QED) is 0.809. The second-order valence-electron chi connectivity index (χ2n) is 6.94. The average Bonchev–Trinajstić information content (AvgIpc) is 3.02. The van der Waals surface area contributed by atoms with Crippen LogP contribution in [0.1, 0.15) is 32.1 Å². The van der Waals surface area contributed by atoms with Crippen LogP contribution in [-0.4, -0.2) is 61.2 Å². The molecule has 2 aliphatic carbocycles. The molecule has 2 aliphatic heterocycles. The highest BCUT2D eigenvalue weighted by atomic mass is 15.3. The molecule has 3 nitrogen and oxygen atoms in total. The summed E-state index contributed by atoms with van der Waals surface area (Å²) in [7, 11) is 0. The molecule has 4 rings (SSSR count). The summed E-state index contributed by atoms with van der Waals surface area (Å²) in [4.78, 5) is 5.44. The lowest BCUT2D eigenvalue weighted by Gasteiger charge is -2.36. The fourth-order valence-corrected chi connectivity index (χ4v) is 4.53. The van der Waals surface area contributed by atoms with Crippen LogP contribution < -0.4 is 5.32 Å². The summed E-state index contributed by atoms with van der Waals surface area (Å²) < 4.78 is 0. The zero-order chi connectivity index (χ0) is 11.9. The molecule has 0 aromatic carbocycles. The summed E-state index contributed by atoms with van der Waals surface area (Å²) in [5, 5.41) is 3.80. The molecule has 2 saturated heterocycles. The molecule has 3 heteroatoms. The summed E-state index contributed by atoms with van der Waals surface area (Å²) in [6.07, 6.45) is 7.40. The minimum absolute atomic E-state index is 0.810. The van der Waals surface area contributed by atoms with Crippen molar-refractivity contribution >= 4 is 0 Å². The Hall–Kier alpha value is -0.120. The van der Waals surface area contributed by atoms with Gasteiger partial charge in [0.1, 0.15) is 0 Å². The first-order valence-corrected chi connectivity index (χ1v) is 8.10. The van der Waals surface area contributed by atoms with Crippen molar-refractivity contribution in [2.24, 2.45) is 11.8 Å². The zero-order valence-electron chi connectivity index (χ0n) is 11.5. The Morgan fingerprint density at radius 3 is 2.56 bits per heavy atom. The maximum Gasteiger partial charge on any atom is 0.0226 e. The molecule has 4 aliphatic rings. The van der Waals surface area contributed by atoms with E-state index in [9.17, 15) is 0 Å². The first-order chi connectivity index (χ1) is 8.90. The van der Waals surface area contributed by atoms with Crippen LogP contribution in [0, 0.1) is 11.8 Å². The summed E-state index contributed by atoms with van der Waals surface area (Å²) in [5.41, 5.74) is 0. The Balaban J connectivity index is 1.27. The van der Waals surface area contributed by atoms with Gasteiger partial charge in [-0.3, -0.25) is 9.80 Å². The van der Waals surface area contributed by atoms with Gasteiger partial charge in [-0.25, -0.2) is 0 Å². The van der Waals surface area contributed by atoms with E-state index in [1.54, 1.807) is 0 Å². The largest absolute Gasteiger partial charge is 0.312 e. The van der Waals surface area contributed by atoms with E-state index in [4.69, 9.17) is 0 Å². The molecule has 0 aromatic heterocycles. The maximum absolute atomic E-state index is 3.80. The number of nitrogens with one attached hydrogen (secondary N) is 1. The summed E-state index contributed by atoms with van der Waals surface area (Å²) in [6, 6.07) is 1.78. The van der Waals surface area contributed by atoms with E-state index in [-0.39, 0.29) is 0 Å². The minimum Gasteiger partial charge on any atom is -0.312 e. The van der Waals surface area contributed by atoms with Gasteiger partial charge in [-0.2, -0.15) is 0 Å². The smallest absolute Gasteiger partial charge is 0.0226 e. The second-order valence-corrected chi connectivity index (χ2v) is 6.94. The zero-order valence-corrected chi connectivity index (χ0v) is 11.5. The topological polar surface area (TPSA) is 18.5 Å². The van der Waals surface area contributed by atoms with Crippen LogP contribution in [0.15, 0.2) is 0 Å². The molecule has 3 unspecified atom stereocenters. The van der Waals surface area contributed by atoms with Crippen LogP contribution in [0.2, 0.25) is 0 Å². The molecule has 102 valence electrons. The van der Waals surface area contributed by atoms with E-state index in [0.29, 0.717) is 0 Å². The van der Waals surface area contributed by atoms with Gasteiger partial charge >= 0.3 is 0 Å². The van der Waals surface area contributed by atoms with Crippen molar-refractivity contribution in [3.63, 3.8) is 0 Å². The van der Waals surface area contributed by atoms with Gasteiger partial charge in [0.2, 0.25) is 0 Å². The lowest BCUT2D eigenvalue weighted by atomic mass is 9.94. The van der Waals surface area contributed by atoms with E-state index in [1.807, 2.05) is 0 Å². The number of nitrogens with zero attached hydrogens (tertiary/aromatic N) is 2. The molecule has 0 radical (unpaired) electrons. The van der Waals surface area contributed by atoms with Crippen molar-refractivity contribution in [1.29, 1.82) is 0 Å². The normalized spacial score (nSPS) is 42.3. The molecule has 1 N–H and O–H groups in total. The van der Waals surface area contributed by atoms with Crippen LogP contribution in [0.4, 0.5) is 0 Å². The third kappa shape index (κ3) is 2.21. The minimum atomic E-state index is 0.810. The van der Waals surface area contributed by atoms with Crippen LogP contribution in [-0.2, 0) is 0 Å². The highest BCUT2D eigenvalue weighted by molar-refractivity contribution is 4.96. The fraction of sp³-hybridized carbons (Fsp3) is 1.00. The van der Waals surface area contributed by atoms with Gasteiger partial charge in [0.05, 0.1) is 0 Å². The third-order valence-corrected chi connectivity index (χ3v) is 5.80. The molecule has 0 bridgehead atoms. The third-order valence-electron chi connectivity index (χ3n) is 5.80. The Morgan fingerprint density at radius 1 is 0.944 bits per heavy atom. The van der Waals surface area contributed by atoms with Gasteiger partial charge in [-0.15, -0.1) is 0 Å². The van der Waals surface area contributed by atoms with Gasteiger partial charge in [0.15, 0.2) is 0 Å². The van der Waals surface area contributed by atoms with Gasteiger partial charge < -0.3 is 5.32 Å². The monoisotopic (exact) mass is 249 g/mol. The predicted molar refractivity (Wildman–Crippen MR) is 73.7 cm³/mol. The SMILES string of the molecule is C1CC2CNC(CN3CCN(C4CC4)CC3)C2C1. The molecule has 18 heavy (non-hydrogen) atoms. The molecule has 2 heterocycles. The number of hydrogen-bond acceptors (Lipinski definition) is 3. The van der Waals surface area contributed by atoms with Crippen molar-refractivity contribution in [2.75, 3.05) is 39.3 Å². The van der Waals surface area contributed by atoms with Crippen LogP contribution in [0.5, 0.6) is 0 Å². The first kappa shape index (κ1) is 11.7. The van der Waals surface area contributed by atoms with Crippen molar-refractivity contribution in [1.82, 2.24) is 15.1 Å². The summed E-state index contributed by atoms with van der Waals surface area (Å²) in [5.74, 6) is 2.02. The lowest BCUT2D eigenvalue weighted by molar-refractivity contribution is 0.114. The van der Waals surface area contributed by atoms with E-state index >= 15 is 0 Å². The van der Waals surface area contributed by atoms with Gasteiger partial charge in [0.25, 0.3) is 0 Å². The first-order valence-electron chi connectivity index (χ1n) is 8.10. The molecule has 0 amide bonds. The fourth-order valence-electron chi connectivity index (χ4n) is 4.53. The van der Waals surface area contributed by atoms with Gasteiger partial charge in [-0.05, 0) is 44.1 Å². The average molecular weight is 249 g/mol. The van der Waals surface area contributed by atoms with E-state index < -0.39 is 0 Å². The maximum atomic E-state index is 3.80. The summed E-state index contributed by atoms with van der Waals surface area (Å²) >= 11 is 0. The number of hydrogen-bond donors (Lipinski definition) is 1. The van der Waals surface area contributed by atoms with Crippen molar-refractivity contribution in [3.05, 3.63) is 0 Å². The highest BCUT2D eigenvalue weighted by Crippen LogP contribution is 2.38. The van der Waals surface area contributed by atoms with Crippen LogP contribution >= 0.6 is 0 Å². The molecule has 4 fully saturated rings. The van der Waals surface area contributed by atoms with Crippen molar-refractivity contribution < 1.29 is 0 Å². The Kier molecular flexibility index (Phi) is 3.10.